The molecule has 8 aliphatic carbocycles. The molecule has 0 bridgehead atoms. The Morgan fingerprint density at radius 2 is 1.39 bits per heavy atom. The number of hydrogen-bond acceptors (Lipinski definition) is 13. The number of methoxy groups -OCH3 is 2. The molecule has 13 rings (SSSR count). The van der Waals surface area contributed by atoms with Crippen molar-refractivity contribution in [2.45, 2.75) is 171 Å². The summed E-state index contributed by atoms with van der Waals surface area (Å²) in [6, 6.07) is 0. The zero-order valence-electron chi connectivity index (χ0n) is 36.3. The first kappa shape index (κ1) is 39.4. The third-order valence-corrected chi connectivity index (χ3v) is 21.3. The van der Waals surface area contributed by atoms with Gasteiger partial charge in [-0.15, -0.1) is 0 Å². The number of ketones is 2. The lowest BCUT2D eigenvalue weighted by atomic mass is 9.41. The van der Waals surface area contributed by atoms with Crippen molar-refractivity contribution in [3.05, 3.63) is 11.6 Å². The lowest BCUT2D eigenvalue weighted by molar-refractivity contribution is -0.184. The number of hydrogen-bond donors (Lipinski definition) is 0. The van der Waals surface area contributed by atoms with Gasteiger partial charge in [-0.05, 0) is 99.9 Å². The summed E-state index contributed by atoms with van der Waals surface area (Å²) >= 11 is 0. The first-order valence-corrected chi connectivity index (χ1v) is 23.3. The molecular weight excluding hydrogens is 785 g/mol. The smallest absolute Gasteiger partial charge is 0.309 e. The molecule has 8 unspecified atom stereocenters. The molecule has 13 aliphatic rings. The molecule has 5 aliphatic heterocycles. The maximum absolute atomic E-state index is 13.2. The largest absolute Gasteiger partial charge is 0.469 e. The second kappa shape index (κ2) is 11.9. The van der Waals surface area contributed by atoms with Crippen LogP contribution in [-0.2, 0) is 61.9 Å². The van der Waals surface area contributed by atoms with E-state index in [0.29, 0.717) is 38.5 Å². The van der Waals surface area contributed by atoms with Crippen LogP contribution in [-0.4, -0.2) is 96.5 Å². The van der Waals surface area contributed by atoms with Crippen LogP contribution in [0.1, 0.15) is 124 Å². The topological polar surface area (TPSA) is 177 Å². The summed E-state index contributed by atoms with van der Waals surface area (Å²) in [6.45, 7) is 9.02. The van der Waals surface area contributed by atoms with Crippen LogP contribution in [0.15, 0.2) is 11.6 Å². The average molecular weight is 845 g/mol. The van der Waals surface area contributed by atoms with Gasteiger partial charge in [-0.1, -0.05) is 33.3 Å². The molecule has 7 saturated carbocycles. The zero-order chi connectivity index (χ0) is 42.7. The van der Waals surface area contributed by atoms with Crippen LogP contribution in [0.5, 0.6) is 0 Å². The van der Waals surface area contributed by atoms with E-state index in [9.17, 15) is 28.8 Å². The summed E-state index contributed by atoms with van der Waals surface area (Å²) in [7, 11) is 2.90. The van der Waals surface area contributed by atoms with Crippen LogP contribution in [0, 0.1) is 63.1 Å². The number of fused-ring (bicyclic) bond motifs is 12. The van der Waals surface area contributed by atoms with Crippen molar-refractivity contribution in [1.29, 1.82) is 0 Å². The van der Waals surface area contributed by atoms with E-state index in [-0.39, 0.29) is 117 Å². The molecule has 0 N–H and O–H groups in total. The van der Waals surface area contributed by atoms with Crippen LogP contribution in [0.3, 0.4) is 0 Å². The van der Waals surface area contributed by atoms with Crippen molar-refractivity contribution in [3.63, 3.8) is 0 Å². The number of esters is 4. The molecular formula is C48H60O13. The molecule has 61 heavy (non-hydrogen) atoms. The Morgan fingerprint density at radius 1 is 0.721 bits per heavy atom. The van der Waals surface area contributed by atoms with Gasteiger partial charge in [0, 0.05) is 53.8 Å². The molecule has 5 saturated heterocycles. The van der Waals surface area contributed by atoms with Crippen molar-refractivity contribution < 1.29 is 61.9 Å². The fraction of sp³-hybridized carbons (Fsp3) is 0.833. The number of Topliss-reactive ketones (excluding diaryl/α,β-unsaturated/α-hetero) is 1. The van der Waals surface area contributed by atoms with Gasteiger partial charge in [0.05, 0.1) is 44.4 Å². The summed E-state index contributed by atoms with van der Waals surface area (Å²) < 4.78 is 42.0. The normalized spacial score (nSPS) is 56.8. The van der Waals surface area contributed by atoms with Crippen molar-refractivity contribution in [1.82, 2.24) is 0 Å². The Hall–Kier alpha value is -3.16. The summed E-state index contributed by atoms with van der Waals surface area (Å²) in [5, 5.41) is 0. The maximum atomic E-state index is 13.2. The maximum Gasteiger partial charge on any atom is 0.309 e. The highest BCUT2D eigenvalue weighted by Gasteiger charge is 2.91. The molecule has 19 atom stereocenters. The van der Waals surface area contributed by atoms with Gasteiger partial charge >= 0.3 is 23.9 Å². The highest BCUT2D eigenvalue weighted by molar-refractivity contribution is 5.92. The van der Waals surface area contributed by atoms with Crippen molar-refractivity contribution in [3.8, 4) is 0 Å². The molecule has 4 spiro atoms. The lowest BCUT2D eigenvalue weighted by Crippen LogP contribution is -2.68. The third kappa shape index (κ3) is 4.41. The number of ether oxygens (including phenoxy) is 7. The summed E-state index contributed by atoms with van der Waals surface area (Å²) in [5.41, 5.74) is -1.74. The summed E-state index contributed by atoms with van der Waals surface area (Å²) in [6.07, 6.45) is 12.1. The Labute approximate surface area is 356 Å². The van der Waals surface area contributed by atoms with Gasteiger partial charge in [0.25, 0.3) is 0 Å². The molecule has 12 fully saturated rings. The van der Waals surface area contributed by atoms with Crippen molar-refractivity contribution in [2.24, 2.45) is 63.1 Å². The molecule has 13 heteroatoms. The first-order valence-electron chi connectivity index (χ1n) is 23.3. The predicted molar refractivity (Wildman–Crippen MR) is 210 cm³/mol. The minimum Gasteiger partial charge on any atom is -0.469 e. The number of allylic oxidation sites excluding steroid dienone is 1. The predicted octanol–water partition coefficient (Wildman–Crippen LogP) is 5.32. The minimum absolute atomic E-state index is 0.000380. The van der Waals surface area contributed by atoms with Crippen LogP contribution in [0.4, 0.5) is 0 Å². The fourth-order valence-electron chi connectivity index (χ4n) is 18.2. The average Bonchev–Trinajstić information content (AvgIpc) is 4.18. The van der Waals surface area contributed by atoms with Gasteiger partial charge in [0.15, 0.2) is 11.6 Å². The molecule has 0 aromatic rings. The molecule has 0 radical (unpaired) electrons. The van der Waals surface area contributed by atoms with Crippen LogP contribution in [0.25, 0.3) is 0 Å². The minimum atomic E-state index is -0.601. The van der Waals surface area contributed by atoms with E-state index in [1.807, 2.05) is 0 Å². The van der Waals surface area contributed by atoms with E-state index in [4.69, 9.17) is 33.2 Å². The number of carbonyl (C=O) groups excluding carboxylic acids is 6. The van der Waals surface area contributed by atoms with Gasteiger partial charge in [-0.3, -0.25) is 28.8 Å². The van der Waals surface area contributed by atoms with Crippen molar-refractivity contribution in [2.75, 3.05) is 14.2 Å². The second-order valence-electron chi connectivity index (χ2n) is 22.6. The standard InChI is InChI=1S/C24H30O7.C24H30O6/c1-20-11-15-24(29-15)17(13(20)4-8-22(20)9-6-16(26)30-22)12(19(27)28-3)10-23-18(31-23)14(25)5-7-21(23,24)2;1-22-7-4-13(25)10-12(22)11-14(21(27)28-3)17-15-5-8-24(9-6-16(26)30-24)23(15,2)20-19(29-20)18(17)22/h12-13,15,17-18H,4-11H2,1-3H3;10,14-15,17-20H,4-9,11H2,1-3H3/t12-,13?,15-,17?,18-,20+,21+,22?,23-,24-;14-,15?,17?,18?,19?,20+,22+,23-,24?/m11/s1. The van der Waals surface area contributed by atoms with Crippen LogP contribution in [0.2, 0.25) is 0 Å². The molecule has 330 valence electrons. The second-order valence-corrected chi connectivity index (χ2v) is 22.6. The van der Waals surface area contributed by atoms with Crippen LogP contribution < -0.4 is 0 Å². The Morgan fingerprint density at radius 3 is 2.08 bits per heavy atom. The summed E-state index contributed by atoms with van der Waals surface area (Å²) in [4.78, 5) is 75.2. The Bertz CT molecular complexity index is 2130. The van der Waals surface area contributed by atoms with Crippen molar-refractivity contribution >= 4 is 35.4 Å². The van der Waals surface area contributed by atoms with Gasteiger partial charge in [-0.25, -0.2) is 0 Å². The van der Waals surface area contributed by atoms with Gasteiger partial charge < -0.3 is 33.2 Å². The Kier molecular flexibility index (Phi) is 7.72. The van der Waals surface area contributed by atoms with E-state index in [1.54, 1.807) is 6.08 Å². The quantitative estimate of drug-likeness (QED) is 0.199. The zero-order valence-corrected chi connectivity index (χ0v) is 36.3. The monoisotopic (exact) mass is 844 g/mol. The number of rotatable bonds is 2. The summed E-state index contributed by atoms with van der Waals surface area (Å²) in [5.74, 6) is -0.149. The van der Waals surface area contributed by atoms with E-state index in [1.165, 1.54) is 14.2 Å². The van der Waals surface area contributed by atoms with Gasteiger partial charge in [0.1, 0.15) is 28.5 Å². The lowest BCUT2D eigenvalue weighted by Gasteiger charge is -2.59. The fourth-order valence-corrected chi connectivity index (χ4v) is 18.2. The molecule has 0 aromatic heterocycles. The molecule has 0 aromatic carbocycles. The highest BCUT2D eigenvalue weighted by Crippen LogP contribution is 2.82. The first-order chi connectivity index (χ1) is 28.9. The van der Waals surface area contributed by atoms with E-state index < -0.39 is 28.5 Å². The molecule has 5 heterocycles. The van der Waals surface area contributed by atoms with Gasteiger partial charge in [0.2, 0.25) is 0 Å². The Balaban J connectivity index is 0.000000131. The molecule has 13 nitrogen and oxygen atoms in total. The van der Waals surface area contributed by atoms with E-state index in [2.05, 4.69) is 27.7 Å². The SMILES string of the molecule is COC(=O)[C@@H]1CC2=CC(=O)CC[C@]2(C)C2C1C1CCC3(CCC(=O)O3)[C@@]1(C)[C@H]1OC21.COC(=O)[C@@H]1C[C@@]23O[C@@H]2C(=O)CC[C@]3(C)[C@@]23O[C@@H]2C[C@@]2(C)C(CCC24CCC(=O)O4)C13. The van der Waals surface area contributed by atoms with Crippen LogP contribution >= 0.6 is 0 Å². The molecule has 0 amide bonds. The van der Waals surface area contributed by atoms with E-state index >= 15 is 0 Å². The third-order valence-electron chi connectivity index (χ3n) is 21.3. The number of carbonyl (C=O) groups is 6. The van der Waals surface area contributed by atoms with Gasteiger partial charge in [-0.2, -0.15) is 0 Å². The number of epoxide rings is 3. The van der Waals surface area contributed by atoms with E-state index in [0.717, 1.165) is 63.4 Å². The highest BCUT2D eigenvalue weighted by atomic mass is 16.6.